The van der Waals surface area contributed by atoms with Gasteiger partial charge < -0.3 is 4.57 Å². The fourth-order valence-electron chi connectivity index (χ4n) is 3.46. The predicted molar refractivity (Wildman–Crippen MR) is 97.4 cm³/mol. The molecule has 0 saturated heterocycles. The number of hydrogen-bond donors (Lipinski definition) is 0. The van der Waals surface area contributed by atoms with Gasteiger partial charge in [-0.2, -0.15) is 11.3 Å². The van der Waals surface area contributed by atoms with E-state index in [4.69, 9.17) is 4.98 Å². The molecule has 3 nitrogen and oxygen atoms in total. The van der Waals surface area contributed by atoms with Gasteiger partial charge in [-0.15, -0.1) is 0 Å². The van der Waals surface area contributed by atoms with Crippen LogP contribution in [0.4, 0.5) is 0 Å². The van der Waals surface area contributed by atoms with E-state index in [1.54, 1.807) is 11.3 Å². The fourth-order valence-corrected chi connectivity index (χ4v) is 4.13. The first-order valence-electron chi connectivity index (χ1n) is 7.97. The molecule has 4 heteroatoms. The molecule has 3 heterocycles. The van der Waals surface area contributed by atoms with Crippen LogP contribution in [0.2, 0.25) is 0 Å². The van der Waals surface area contributed by atoms with E-state index >= 15 is 0 Å². The van der Waals surface area contributed by atoms with E-state index in [2.05, 4.69) is 45.7 Å². The van der Waals surface area contributed by atoms with Gasteiger partial charge in [0.2, 0.25) is 0 Å². The Morgan fingerprint density at radius 1 is 1.00 bits per heavy atom. The van der Waals surface area contributed by atoms with Gasteiger partial charge in [-0.05, 0) is 46.2 Å². The maximum Gasteiger partial charge on any atom is 0.166 e. The third-order valence-corrected chi connectivity index (χ3v) is 5.29. The zero-order chi connectivity index (χ0) is 16.1. The molecule has 0 aliphatic carbocycles. The molecule has 0 radical (unpaired) electrons. The van der Waals surface area contributed by atoms with Gasteiger partial charge in [0.25, 0.3) is 0 Å². The highest BCUT2D eigenvalue weighted by atomic mass is 32.1. The number of rotatable bonds is 2. The van der Waals surface area contributed by atoms with Crippen molar-refractivity contribution in [3.63, 3.8) is 0 Å². The lowest BCUT2D eigenvalue weighted by Gasteiger charge is -2.16. The number of benzene rings is 2. The Morgan fingerprint density at radius 3 is 2.75 bits per heavy atom. The molecule has 0 saturated carbocycles. The second kappa shape index (κ2) is 5.14. The van der Waals surface area contributed by atoms with Crippen LogP contribution in [-0.2, 0) is 6.54 Å². The van der Waals surface area contributed by atoms with E-state index in [0.29, 0.717) is 13.0 Å². The first kappa shape index (κ1) is 13.7. The Morgan fingerprint density at radius 2 is 1.88 bits per heavy atom. The molecule has 5 rings (SSSR count). The summed E-state index contributed by atoms with van der Waals surface area (Å²) in [5, 5.41) is 4.25. The number of ketones is 1. The van der Waals surface area contributed by atoms with Crippen molar-refractivity contribution in [3.05, 3.63) is 64.9 Å². The fraction of sp³-hybridized carbons (Fsp3) is 0.100. The number of imidazole rings is 1. The van der Waals surface area contributed by atoms with Crippen molar-refractivity contribution in [1.82, 2.24) is 9.55 Å². The van der Waals surface area contributed by atoms with Gasteiger partial charge in [-0.3, -0.25) is 4.79 Å². The minimum absolute atomic E-state index is 0.214. The third-order valence-electron chi connectivity index (χ3n) is 4.60. The highest BCUT2D eigenvalue weighted by Gasteiger charge is 2.23. The van der Waals surface area contributed by atoms with Gasteiger partial charge in [0.05, 0.1) is 11.0 Å². The molecular formula is C20H14N2OS. The molecule has 0 spiro atoms. The van der Waals surface area contributed by atoms with Gasteiger partial charge in [-0.25, -0.2) is 4.98 Å². The average Bonchev–Trinajstić information content (AvgIpc) is 3.27. The van der Waals surface area contributed by atoms with Crippen molar-refractivity contribution in [2.45, 2.75) is 13.0 Å². The molecule has 0 N–H and O–H groups in total. The zero-order valence-electron chi connectivity index (χ0n) is 12.9. The van der Waals surface area contributed by atoms with E-state index < -0.39 is 0 Å². The number of nitrogens with zero attached hydrogens (tertiary/aromatic N) is 2. The summed E-state index contributed by atoms with van der Waals surface area (Å²) in [6, 6.07) is 16.4. The van der Waals surface area contributed by atoms with Gasteiger partial charge in [0, 0.05) is 24.1 Å². The Balaban J connectivity index is 1.74. The topological polar surface area (TPSA) is 34.9 Å². The first-order chi connectivity index (χ1) is 11.8. The number of carbonyl (C=O) groups is 1. The molecule has 2 aromatic heterocycles. The number of carbonyl (C=O) groups excluding carboxylic acids is 1. The SMILES string of the molecule is O=C1CCn2c(-c3cccc(-c4ccsc4)c3)nc3cccc1c32. The minimum Gasteiger partial charge on any atom is -0.323 e. The lowest BCUT2D eigenvalue weighted by Crippen LogP contribution is -2.14. The van der Waals surface area contributed by atoms with Crippen LogP contribution in [0.25, 0.3) is 33.5 Å². The number of para-hydroxylation sites is 1. The van der Waals surface area contributed by atoms with Crippen LogP contribution in [0.3, 0.4) is 0 Å². The number of hydrogen-bond acceptors (Lipinski definition) is 3. The summed E-state index contributed by atoms with van der Waals surface area (Å²) in [4.78, 5) is 17.0. The number of aryl methyl sites for hydroxylation is 1. The lowest BCUT2D eigenvalue weighted by molar-refractivity contribution is 0.0973. The molecule has 0 unspecified atom stereocenters. The summed E-state index contributed by atoms with van der Waals surface area (Å²) in [6.07, 6.45) is 0.541. The smallest absolute Gasteiger partial charge is 0.166 e. The van der Waals surface area contributed by atoms with Crippen LogP contribution in [0.5, 0.6) is 0 Å². The van der Waals surface area contributed by atoms with Crippen molar-refractivity contribution in [2.24, 2.45) is 0 Å². The molecular weight excluding hydrogens is 316 g/mol. The molecule has 0 amide bonds. The summed E-state index contributed by atoms with van der Waals surface area (Å²) in [7, 11) is 0. The molecule has 1 aliphatic heterocycles. The largest absolute Gasteiger partial charge is 0.323 e. The van der Waals surface area contributed by atoms with Crippen LogP contribution >= 0.6 is 11.3 Å². The normalized spacial score (nSPS) is 13.6. The molecule has 24 heavy (non-hydrogen) atoms. The van der Waals surface area contributed by atoms with Gasteiger partial charge in [-0.1, -0.05) is 24.3 Å². The summed E-state index contributed by atoms with van der Waals surface area (Å²) >= 11 is 1.70. The maximum absolute atomic E-state index is 12.2. The van der Waals surface area contributed by atoms with E-state index in [0.717, 1.165) is 28.0 Å². The summed E-state index contributed by atoms with van der Waals surface area (Å²) < 4.78 is 2.19. The lowest BCUT2D eigenvalue weighted by atomic mass is 10.0. The van der Waals surface area contributed by atoms with Crippen LogP contribution in [0, 0.1) is 0 Å². The molecule has 0 bridgehead atoms. The highest BCUT2D eigenvalue weighted by molar-refractivity contribution is 7.08. The molecule has 1 aliphatic rings. The number of aromatic nitrogens is 2. The predicted octanol–water partition coefficient (Wildman–Crippen LogP) is 5.02. The van der Waals surface area contributed by atoms with Crippen molar-refractivity contribution >= 4 is 28.2 Å². The Labute approximate surface area is 143 Å². The Bertz CT molecular complexity index is 1080. The van der Waals surface area contributed by atoms with Gasteiger partial charge >= 0.3 is 0 Å². The second-order valence-corrected chi connectivity index (χ2v) is 6.81. The van der Waals surface area contributed by atoms with E-state index in [-0.39, 0.29) is 5.78 Å². The third kappa shape index (κ3) is 1.96. The highest BCUT2D eigenvalue weighted by Crippen LogP contribution is 2.33. The Hall–Kier alpha value is -2.72. The molecule has 2 aromatic carbocycles. The van der Waals surface area contributed by atoms with E-state index in [1.807, 2.05) is 18.2 Å². The molecule has 0 fully saturated rings. The van der Waals surface area contributed by atoms with Crippen molar-refractivity contribution in [1.29, 1.82) is 0 Å². The van der Waals surface area contributed by atoms with Crippen LogP contribution in [-0.4, -0.2) is 15.3 Å². The minimum atomic E-state index is 0.214. The molecule has 4 aromatic rings. The summed E-state index contributed by atoms with van der Waals surface area (Å²) in [5.74, 6) is 1.16. The first-order valence-corrected chi connectivity index (χ1v) is 8.91. The van der Waals surface area contributed by atoms with Gasteiger partial charge in [0.1, 0.15) is 5.82 Å². The summed E-state index contributed by atoms with van der Waals surface area (Å²) in [5.41, 5.74) is 6.19. The van der Waals surface area contributed by atoms with Crippen molar-refractivity contribution in [2.75, 3.05) is 0 Å². The quantitative estimate of drug-likeness (QED) is 0.517. The van der Waals surface area contributed by atoms with E-state index in [9.17, 15) is 4.79 Å². The molecule has 116 valence electrons. The molecule has 0 atom stereocenters. The van der Waals surface area contributed by atoms with E-state index in [1.165, 1.54) is 11.1 Å². The monoisotopic (exact) mass is 330 g/mol. The van der Waals surface area contributed by atoms with Crippen LogP contribution in [0.15, 0.2) is 59.3 Å². The standard InChI is InChI=1S/C20H14N2OS/c23-18-7-9-22-19-16(18)5-2-6-17(19)21-20(22)14-4-1-3-13(11-14)15-8-10-24-12-15/h1-6,8,10-12H,7,9H2. The zero-order valence-corrected chi connectivity index (χ0v) is 13.7. The van der Waals surface area contributed by atoms with Crippen molar-refractivity contribution < 1.29 is 4.79 Å². The summed E-state index contributed by atoms with van der Waals surface area (Å²) in [6.45, 7) is 0.699. The average molecular weight is 330 g/mol. The van der Waals surface area contributed by atoms with Gasteiger partial charge in [0.15, 0.2) is 5.78 Å². The number of Topliss-reactive ketones (excluding diaryl/α,β-unsaturated/α-hetero) is 1. The Kier molecular flexibility index (Phi) is 2.94. The van der Waals surface area contributed by atoms with Crippen molar-refractivity contribution in [3.8, 4) is 22.5 Å². The number of thiophene rings is 1. The van der Waals surface area contributed by atoms with Crippen LogP contribution in [0.1, 0.15) is 16.8 Å². The van der Waals surface area contributed by atoms with Crippen LogP contribution < -0.4 is 0 Å². The maximum atomic E-state index is 12.2. The second-order valence-electron chi connectivity index (χ2n) is 6.03.